The van der Waals surface area contributed by atoms with E-state index in [9.17, 15) is 4.79 Å². The first-order valence-corrected chi connectivity index (χ1v) is 9.35. The predicted octanol–water partition coefficient (Wildman–Crippen LogP) is 6.16. The maximum absolute atomic E-state index is 12.5. The number of hydrogen-bond donors (Lipinski definition) is 1. The SMILES string of the molecule is Cc1ccsc1/C=C/C(=O)c1ccc2c(c1)Nc1ccccc1S2. The topological polar surface area (TPSA) is 29.1 Å². The van der Waals surface area contributed by atoms with E-state index in [1.165, 1.54) is 10.5 Å². The maximum atomic E-state index is 12.5. The minimum absolute atomic E-state index is 0.0243. The minimum Gasteiger partial charge on any atom is -0.354 e. The number of carbonyl (C=O) groups excluding carboxylic acids is 1. The lowest BCUT2D eigenvalue weighted by atomic mass is 10.1. The van der Waals surface area contributed by atoms with Crippen LogP contribution in [-0.2, 0) is 0 Å². The summed E-state index contributed by atoms with van der Waals surface area (Å²) >= 11 is 3.37. The first kappa shape index (κ1) is 15.2. The van der Waals surface area contributed by atoms with Gasteiger partial charge in [-0.2, -0.15) is 0 Å². The Labute approximate surface area is 149 Å². The van der Waals surface area contributed by atoms with Crippen molar-refractivity contribution in [3.63, 3.8) is 0 Å². The van der Waals surface area contributed by atoms with Crippen LogP contribution in [0.3, 0.4) is 0 Å². The van der Waals surface area contributed by atoms with Crippen molar-refractivity contribution in [2.75, 3.05) is 5.32 Å². The molecule has 118 valence electrons. The number of carbonyl (C=O) groups is 1. The van der Waals surface area contributed by atoms with E-state index in [4.69, 9.17) is 0 Å². The molecule has 0 amide bonds. The number of ketones is 1. The van der Waals surface area contributed by atoms with E-state index >= 15 is 0 Å². The van der Waals surface area contributed by atoms with Crippen molar-refractivity contribution in [3.8, 4) is 0 Å². The lowest BCUT2D eigenvalue weighted by molar-refractivity contribution is 0.104. The molecule has 1 N–H and O–H groups in total. The molecule has 2 heterocycles. The number of nitrogens with one attached hydrogen (secondary N) is 1. The number of anilines is 2. The summed E-state index contributed by atoms with van der Waals surface area (Å²) in [5.41, 5.74) is 3.98. The van der Waals surface area contributed by atoms with Crippen LogP contribution in [0, 0.1) is 6.92 Å². The van der Waals surface area contributed by atoms with Gasteiger partial charge in [-0.25, -0.2) is 0 Å². The lowest BCUT2D eigenvalue weighted by Gasteiger charge is -2.20. The van der Waals surface area contributed by atoms with Gasteiger partial charge in [0, 0.05) is 20.2 Å². The van der Waals surface area contributed by atoms with Crippen LogP contribution in [-0.4, -0.2) is 5.78 Å². The molecule has 4 heteroatoms. The fraction of sp³-hybridized carbons (Fsp3) is 0.0500. The zero-order valence-electron chi connectivity index (χ0n) is 13.1. The Kier molecular flexibility index (Phi) is 4.00. The average Bonchev–Trinajstić information content (AvgIpc) is 3.02. The molecule has 1 aromatic heterocycles. The summed E-state index contributed by atoms with van der Waals surface area (Å²) in [6.07, 6.45) is 3.56. The molecule has 0 aliphatic carbocycles. The average molecular weight is 349 g/mol. The third-order valence-electron chi connectivity index (χ3n) is 3.93. The van der Waals surface area contributed by atoms with Gasteiger partial charge in [-0.1, -0.05) is 23.9 Å². The minimum atomic E-state index is 0.0243. The summed E-state index contributed by atoms with van der Waals surface area (Å²) in [5, 5.41) is 5.46. The van der Waals surface area contributed by atoms with Crippen molar-refractivity contribution in [2.24, 2.45) is 0 Å². The van der Waals surface area contributed by atoms with Gasteiger partial charge in [-0.3, -0.25) is 4.79 Å². The van der Waals surface area contributed by atoms with Gasteiger partial charge < -0.3 is 5.32 Å². The molecule has 0 unspecified atom stereocenters. The van der Waals surface area contributed by atoms with Gasteiger partial charge >= 0.3 is 0 Å². The molecule has 3 aromatic rings. The monoisotopic (exact) mass is 349 g/mol. The molecule has 2 nitrogen and oxygen atoms in total. The highest BCUT2D eigenvalue weighted by atomic mass is 32.2. The molecule has 0 fully saturated rings. The molecule has 4 rings (SSSR count). The molecule has 1 aliphatic heterocycles. The van der Waals surface area contributed by atoms with Crippen molar-refractivity contribution in [2.45, 2.75) is 16.7 Å². The van der Waals surface area contributed by atoms with E-state index in [1.807, 2.05) is 41.8 Å². The number of benzene rings is 2. The van der Waals surface area contributed by atoms with Crippen LogP contribution < -0.4 is 5.32 Å². The fourth-order valence-electron chi connectivity index (χ4n) is 2.60. The van der Waals surface area contributed by atoms with Gasteiger partial charge in [-0.15, -0.1) is 11.3 Å². The van der Waals surface area contributed by atoms with E-state index < -0.39 is 0 Å². The van der Waals surface area contributed by atoms with Crippen LogP contribution in [0.4, 0.5) is 11.4 Å². The van der Waals surface area contributed by atoms with Gasteiger partial charge in [0.1, 0.15) is 0 Å². The van der Waals surface area contributed by atoms with E-state index in [2.05, 4.69) is 30.4 Å². The summed E-state index contributed by atoms with van der Waals surface area (Å²) in [6.45, 7) is 2.05. The van der Waals surface area contributed by atoms with Crippen molar-refractivity contribution in [1.82, 2.24) is 0 Å². The maximum Gasteiger partial charge on any atom is 0.185 e. The van der Waals surface area contributed by atoms with Gasteiger partial charge in [-0.05, 0) is 66.4 Å². The third kappa shape index (κ3) is 2.90. The molecule has 1 aliphatic rings. The summed E-state index contributed by atoms with van der Waals surface area (Å²) in [5.74, 6) is 0.0243. The van der Waals surface area contributed by atoms with Crippen molar-refractivity contribution >= 4 is 46.3 Å². The van der Waals surface area contributed by atoms with E-state index in [0.717, 1.165) is 21.1 Å². The largest absolute Gasteiger partial charge is 0.354 e. The highest BCUT2D eigenvalue weighted by Gasteiger charge is 2.16. The normalized spacial score (nSPS) is 12.5. The summed E-state index contributed by atoms with van der Waals surface area (Å²) in [6, 6.07) is 16.1. The first-order chi connectivity index (χ1) is 11.7. The number of hydrogen-bond acceptors (Lipinski definition) is 4. The highest BCUT2D eigenvalue weighted by molar-refractivity contribution is 7.99. The number of allylic oxidation sites excluding steroid dienone is 1. The van der Waals surface area contributed by atoms with E-state index in [0.29, 0.717) is 5.56 Å². The summed E-state index contributed by atoms with van der Waals surface area (Å²) < 4.78 is 0. The molecule has 0 saturated carbocycles. The Morgan fingerprint density at radius 1 is 1.04 bits per heavy atom. The van der Waals surface area contributed by atoms with Crippen LogP contribution >= 0.6 is 23.1 Å². The quantitative estimate of drug-likeness (QED) is 0.355. The lowest BCUT2D eigenvalue weighted by Crippen LogP contribution is -2.02. The van der Waals surface area contributed by atoms with E-state index in [1.54, 1.807) is 29.2 Å². The van der Waals surface area contributed by atoms with Crippen LogP contribution in [0.2, 0.25) is 0 Å². The molecule has 0 radical (unpaired) electrons. The van der Waals surface area contributed by atoms with E-state index in [-0.39, 0.29) is 5.78 Å². The van der Waals surface area contributed by atoms with Crippen LogP contribution in [0.1, 0.15) is 20.8 Å². The smallest absolute Gasteiger partial charge is 0.185 e. The Bertz CT molecular complexity index is 956. The number of fused-ring (bicyclic) bond motifs is 2. The van der Waals surface area contributed by atoms with Gasteiger partial charge in [0.2, 0.25) is 0 Å². The zero-order chi connectivity index (χ0) is 16.5. The zero-order valence-corrected chi connectivity index (χ0v) is 14.7. The second-order valence-corrected chi connectivity index (χ2v) is 7.63. The van der Waals surface area contributed by atoms with Crippen LogP contribution in [0.5, 0.6) is 0 Å². The van der Waals surface area contributed by atoms with Crippen LogP contribution in [0.15, 0.2) is 69.8 Å². The molecule has 2 aromatic carbocycles. The van der Waals surface area contributed by atoms with Crippen molar-refractivity contribution in [1.29, 1.82) is 0 Å². The fourth-order valence-corrected chi connectivity index (χ4v) is 4.38. The number of thiophene rings is 1. The summed E-state index contributed by atoms with van der Waals surface area (Å²) in [7, 11) is 0. The molecule has 0 atom stereocenters. The molecule has 24 heavy (non-hydrogen) atoms. The Morgan fingerprint density at radius 2 is 1.88 bits per heavy atom. The molecular formula is C20H15NOS2. The van der Waals surface area contributed by atoms with Gasteiger partial charge in [0.05, 0.1) is 11.4 Å². The molecular weight excluding hydrogens is 334 g/mol. The highest BCUT2D eigenvalue weighted by Crippen LogP contribution is 2.44. The Balaban J connectivity index is 1.59. The number of aryl methyl sites for hydroxylation is 1. The Hall–Kier alpha value is -2.30. The second-order valence-electron chi connectivity index (χ2n) is 5.60. The van der Waals surface area contributed by atoms with Gasteiger partial charge in [0.25, 0.3) is 0 Å². The third-order valence-corrected chi connectivity index (χ3v) is 6.06. The van der Waals surface area contributed by atoms with Crippen LogP contribution in [0.25, 0.3) is 6.08 Å². The van der Waals surface area contributed by atoms with Crippen molar-refractivity contribution in [3.05, 3.63) is 76.0 Å². The molecule has 0 spiro atoms. The predicted molar refractivity (Wildman–Crippen MR) is 103 cm³/mol. The number of para-hydroxylation sites is 1. The van der Waals surface area contributed by atoms with Crippen molar-refractivity contribution < 1.29 is 4.79 Å². The summed E-state index contributed by atoms with van der Waals surface area (Å²) in [4.78, 5) is 15.9. The second kappa shape index (κ2) is 6.30. The number of rotatable bonds is 3. The Morgan fingerprint density at radius 3 is 2.71 bits per heavy atom. The molecule has 0 saturated heterocycles. The van der Waals surface area contributed by atoms with Gasteiger partial charge in [0.15, 0.2) is 5.78 Å². The standard InChI is InChI=1S/C20H15NOS2/c1-13-10-11-23-18(13)9-7-17(22)14-6-8-20-16(12-14)21-15-4-2-3-5-19(15)24-20/h2-12,21H,1H3/b9-7+. The molecule has 0 bridgehead atoms. The first-order valence-electron chi connectivity index (χ1n) is 7.65.